The first-order valence-corrected chi connectivity index (χ1v) is 6.70. The van der Waals surface area contributed by atoms with Crippen molar-refractivity contribution in [2.45, 2.75) is 19.8 Å². The van der Waals surface area contributed by atoms with Gasteiger partial charge in [0.15, 0.2) is 0 Å². The lowest BCUT2D eigenvalue weighted by Gasteiger charge is -2.33. The lowest BCUT2D eigenvalue weighted by molar-refractivity contribution is -0.156. The summed E-state index contributed by atoms with van der Waals surface area (Å²) in [5.41, 5.74) is 0. The molecule has 0 saturated carbocycles. The van der Waals surface area contributed by atoms with Gasteiger partial charge in [-0.15, -0.1) is 0 Å². The van der Waals surface area contributed by atoms with Crippen molar-refractivity contribution in [3.05, 3.63) is 0 Å². The summed E-state index contributed by atoms with van der Waals surface area (Å²) < 4.78 is 0. The number of nitrogens with zero attached hydrogens (tertiary/aromatic N) is 4. The van der Waals surface area contributed by atoms with Gasteiger partial charge in [0, 0.05) is 46.2 Å². The Hall–Kier alpha value is -2.10. The molecule has 0 radical (unpaired) electrons. The van der Waals surface area contributed by atoms with E-state index in [-0.39, 0.29) is 25.3 Å². The molecule has 0 bridgehead atoms. The number of likely N-dealkylation sites (N-methyl/N-ethyl adjacent to an activating group) is 1. The molecule has 1 saturated heterocycles. The van der Waals surface area contributed by atoms with Gasteiger partial charge in [-0.25, -0.2) is 0 Å². The monoisotopic (exact) mass is 280 g/mol. The van der Waals surface area contributed by atoms with Crippen molar-refractivity contribution in [2.75, 3.05) is 39.8 Å². The van der Waals surface area contributed by atoms with Crippen LogP contribution in [0.15, 0.2) is 0 Å². The van der Waals surface area contributed by atoms with E-state index >= 15 is 0 Å². The fourth-order valence-corrected chi connectivity index (χ4v) is 1.99. The van der Waals surface area contributed by atoms with Crippen LogP contribution in [0.25, 0.3) is 0 Å². The number of nitriles is 1. The maximum atomic E-state index is 11.8. The Morgan fingerprint density at radius 1 is 1.30 bits per heavy atom. The summed E-state index contributed by atoms with van der Waals surface area (Å²) >= 11 is 0. The Morgan fingerprint density at radius 3 is 2.50 bits per heavy atom. The molecule has 7 nitrogen and oxygen atoms in total. The first-order chi connectivity index (χ1) is 9.51. The highest BCUT2D eigenvalue weighted by Gasteiger charge is 2.31. The van der Waals surface area contributed by atoms with Crippen LogP contribution in [0.3, 0.4) is 0 Å². The Balaban J connectivity index is 2.43. The molecule has 3 amide bonds. The Labute approximate surface area is 118 Å². The van der Waals surface area contributed by atoms with E-state index < -0.39 is 11.8 Å². The maximum absolute atomic E-state index is 11.8. The molecule has 1 fully saturated rings. The van der Waals surface area contributed by atoms with Crippen molar-refractivity contribution < 1.29 is 14.4 Å². The third-order valence-corrected chi connectivity index (χ3v) is 3.36. The van der Waals surface area contributed by atoms with Gasteiger partial charge in [0.1, 0.15) is 0 Å². The van der Waals surface area contributed by atoms with Crippen LogP contribution in [0.4, 0.5) is 0 Å². The molecule has 1 rings (SSSR count). The second-order valence-corrected chi connectivity index (χ2v) is 4.65. The van der Waals surface area contributed by atoms with E-state index in [0.29, 0.717) is 26.2 Å². The van der Waals surface area contributed by atoms with Crippen molar-refractivity contribution in [3.8, 4) is 6.07 Å². The number of piperazine rings is 1. The summed E-state index contributed by atoms with van der Waals surface area (Å²) in [5, 5.41) is 8.46. The molecule has 0 aromatic heterocycles. The fraction of sp³-hybridized carbons (Fsp3) is 0.692. The van der Waals surface area contributed by atoms with Gasteiger partial charge in [-0.1, -0.05) is 0 Å². The van der Waals surface area contributed by atoms with Crippen molar-refractivity contribution in [1.29, 1.82) is 5.26 Å². The third-order valence-electron chi connectivity index (χ3n) is 3.36. The molecule has 0 N–H and O–H groups in total. The van der Waals surface area contributed by atoms with Gasteiger partial charge in [-0.05, 0) is 6.92 Å². The quantitative estimate of drug-likeness (QED) is 0.610. The van der Waals surface area contributed by atoms with Gasteiger partial charge >= 0.3 is 11.8 Å². The zero-order valence-electron chi connectivity index (χ0n) is 12.0. The number of amides is 3. The zero-order valence-corrected chi connectivity index (χ0v) is 12.0. The highest BCUT2D eigenvalue weighted by molar-refractivity contribution is 6.35. The van der Waals surface area contributed by atoms with Crippen LogP contribution in [-0.2, 0) is 14.4 Å². The second kappa shape index (κ2) is 7.48. The van der Waals surface area contributed by atoms with E-state index in [1.165, 1.54) is 14.7 Å². The summed E-state index contributed by atoms with van der Waals surface area (Å²) in [4.78, 5) is 39.7. The topological polar surface area (TPSA) is 84.7 Å². The first-order valence-electron chi connectivity index (χ1n) is 6.70. The molecule has 0 spiro atoms. The van der Waals surface area contributed by atoms with E-state index in [4.69, 9.17) is 5.26 Å². The molecule has 1 aliphatic rings. The van der Waals surface area contributed by atoms with Crippen LogP contribution >= 0.6 is 0 Å². The number of rotatable bonds is 6. The van der Waals surface area contributed by atoms with Crippen LogP contribution in [0.1, 0.15) is 19.8 Å². The highest BCUT2D eigenvalue weighted by Crippen LogP contribution is 2.06. The lowest BCUT2D eigenvalue weighted by Crippen LogP contribution is -2.54. The molecule has 0 atom stereocenters. The summed E-state index contributed by atoms with van der Waals surface area (Å²) in [6.07, 6.45) is 0.460. The van der Waals surface area contributed by atoms with Gasteiger partial charge in [0.25, 0.3) is 0 Å². The van der Waals surface area contributed by atoms with Gasteiger partial charge in [0.2, 0.25) is 5.91 Å². The minimum atomic E-state index is -0.537. The molecule has 0 aromatic rings. The standard InChI is InChI=1S/C13H20N4O3/c1-3-16-9-10-17(13(20)12(16)19)8-5-11(18)15(2)7-4-6-14/h3-5,7-10H2,1-2H3. The van der Waals surface area contributed by atoms with E-state index in [1.54, 1.807) is 7.05 Å². The Bertz CT molecular complexity index is 430. The largest absolute Gasteiger partial charge is 0.345 e. The highest BCUT2D eigenvalue weighted by atomic mass is 16.2. The van der Waals surface area contributed by atoms with Crippen LogP contribution in [0, 0.1) is 11.3 Å². The van der Waals surface area contributed by atoms with Gasteiger partial charge in [-0.2, -0.15) is 5.26 Å². The maximum Gasteiger partial charge on any atom is 0.312 e. The normalized spacial score (nSPS) is 15.2. The first kappa shape index (κ1) is 16.0. The smallest absolute Gasteiger partial charge is 0.312 e. The van der Waals surface area contributed by atoms with Gasteiger partial charge < -0.3 is 14.7 Å². The molecule has 20 heavy (non-hydrogen) atoms. The predicted molar refractivity (Wildman–Crippen MR) is 71.3 cm³/mol. The van der Waals surface area contributed by atoms with Crippen LogP contribution < -0.4 is 0 Å². The van der Waals surface area contributed by atoms with Crippen molar-refractivity contribution in [2.24, 2.45) is 0 Å². The second-order valence-electron chi connectivity index (χ2n) is 4.65. The molecule has 0 unspecified atom stereocenters. The molecule has 110 valence electrons. The molecular formula is C13H20N4O3. The van der Waals surface area contributed by atoms with Crippen LogP contribution in [0.5, 0.6) is 0 Å². The van der Waals surface area contributed by atoms with Crippen molar-refractivity contribution in [3.63, 3.8) is 0 Å². The molecular weight excluding hydrogens is 260 g/mol. The average Bonchev–Trinajstić information content (AvgIpc) is 2.45. The van der Waals surface area contributed by atoms with Gasteiger partial charge in [0.05, 0.1) is 12.5 Å². The third kappa shape index (κ3) is 3.95. The molecule has 7 heteroatoms. The van der Waals surface area contributed by atoms with Gasteiger partial charge in [-0.3, -0.25) is 14.4 Å². The summed E-state index contributed by atoms with van der Waals surface area (Å²) in [6.45, 7) is 3.96. The molecule has 1 heterocycles. The van der Waals surface area contributed by atoms with E-state index in [0.717, 1.165) is 0 Å². The van der Waals surface area contributed by atoms with E-state index in [1.807, 2.05) is 13.0 Å². The van der Waals surface area contributed by atoms with E-state index in [2.05, 4.69) is 0 Å². The number of carbonyl (C=O) groups excluding carboxylic acids is 3. The lowest BCUT2D eigenvalue weighted by atomic mass is 10.2. The Kier molecular flexibility index (Phi) is 5.97. The minimum Gasteiger partial charge on any atom is -0.345 e. The SMILES string of the molecule is CCN1CCN(CCC(=O)N(C)CCC#N)C(=O)C1=O. The Morgan fingerprint density at radius 2 is 1.90 bits per heavy atom. The van der Waals surface area contributed by atoms with Crippen molar-refractivity contribution >= 4 is 17.7 Å². The summed E-state index contributed by atoms with van der Waals surface area (Å²) in [5.74, 6) is -1.16. The van der Waals surface area contributed by atoms with Crippen LogP contribution in [-0.4, -0.2) is 72.2 Å². The van der Waals surface area contributed by atoms with E-state index in [9.17, 15) is 14.4 Å². The van der Waals surface area contributed by atoms with Crippen molar-refractivity contribution in [1.82, 2.24) is 14.7 Å². The number of hydrogen-bond acceptors (Lipinski definition) is 4. The number of hydrogen-bond donors (Lipinski definition) is 0. The predicted octanol–water partition coefficient (Wildman–Crippen LogP) is -0.561. The molecule has 1 aliphatic heterocycles. The molecule has 0 aliphatic carbocycles. The summed E-state index contributed by atoms with van der Waals surface area (Å²) in [6, 6.07) is 1.97. The van der Waals surface area contributed by atoms with Crippen LogP contribution in [0.2, 0.25) is 0 Å². The molecule has 0 aromatic carbocycles. The summed E-state index contributed by atoms with van der Waals surface area (Å²) in [7, 11) is 1.63. The minimum absolute atomic E-state index is 0.126. The zero-order chi connectivity index (χ0) is 15.1. The number of carbonyl (C=O) groups is 3. The average molecular weight is 280 g/mol. The fourth-order valence-electron chi connectivity index (χ4n) is 1.99.